The largest absolute Gasteiger partial charge is 0.483 e. The van der Waals surface area contributed by atoms with Crippen LogP contribution in [0.25, 0.3) is 0 Å². The lowest BCUT2D eigenvalue weighted by Gasteiger charge is -1.94. The predicted octanol–water partition coefficient (Wildman–Crippen LogP) is 0.954. The fourth-order valence-electron chi connectivity index (χ4n) is 0.320. The van der Waals surface area contributed by atoms with Gasteiger partial charge in [-0.3, -0.25) is 0 Å². The van der Waals surface area contributed by atoms with E-state index in [1.807, 2.05) is 0 Å². The monoisotopic (exact) mass is 122 g/mol. The van der Waals surface area contributed by atoms with Crippen LogP contribution in [0.2, 0.25) is 0 Å². The molecule has 0 radical (unpaired) electrons. The van der Waals surface area contributed by atoms with Crippen LogP contribution in [0.3, 0.4) is 0 Å². The first-order chi connectivity index (χ1) is 4.35. The van der Waals surface area contributed by atoms with E-state index in [1.165, 1.54) is 0 Å². The number of hydrogen-bond donors (Lipinski definition) is 0. The highest BCUT2D eigenvalue weighted by Crippen LogP contribution is 1.91. The van der Waals surface area contributed by atoms with Gasteiger partial charge >= 0.3 is 0 Å². The zero-order valence-electron chi connectivity index (χ0n) is 5.09. The Morgan fingerprint density at radius 3 is 2.67 bits per heavy atom. The molecule has 0 fully saturated rings. The van der Waals surface area contributed by atoms with E-state index in [1.54, 1.807) is 19.1 Å². The predicted molar refractivity (Wildman–Crippen MR) is 30.9 cm³/mol. The molecule has 3 nitrogen and oxygen atoms in total. The van der Waals surface area contributed by atoms with E-state index in [4.69, 9.17) is 15.3 Å². The van der Waals surface area contributed by atoms with Gasteiger partial charge in [-0.2, -0.15) is 10.5 Å². The minimum absolute atomic E-state index is 0.0694. The Morgan fingerprint density at radius 1 is 1.67 bits per heavy atom. The summed E-state index contributed by atoms with van der Waals surface area (Å²) >= 11 is 0. The second-order valence-corrected chi connectivity index (χ2v) is 1.18. The Balaban J connectivity index is 3.90. The molecule has 0 spiro atoms. The molecule has 3 heteroatoms. The van der Waals surface area contributed by atoms with Gasteiger partial charge in [-0.25, -0.2) is 0 Å². The molecular formula is C6H6N2O. The minimum Gasteiger partial charge on any atom is -0.483 e. The zero-order valence-corrected chi connectivity index (χ0v) is 5.09. The van der Waals surface area contributed by atoms with Gasteiger partial charge in [0.05, 0.1) is 18.8 Å². The standard InChI is InChI=1S/C6H6N2O/c1-2-9-6(5-8)3-4-7/h3H,2H2,1H3. The molecule has 0 bridgehead atoms. The lowest BCUT2D eigenvalue weighted by atomic mass is 10.5. The average molecular weight is 122 g/mol. The summed E-state index contributed by atoms with van der Waals surface area (Å²) in [5, 5.41) is 16.2. The SMILES string of the molecule is CCOC(C#N)=CC#N. The molecule has 0 amide bonds. The van der Waals surface area contributed by atoms with E-state index in [0.29, 0.717) is 6.61 Å². The van der Waals surface area contributed by atoms with Crippen molar-refractivity contribution in [3.8, 4) is 12.1 Å². The normalized spacial score (nSPS) is 9.44. The summed E-state index contributed by atoms with van der Waals surface area (Å²) in [4.78, 5) is 0. The summed E-state index contributed by atoms with van der Waals surface area (Å²) in [6.45, 7) is 2.17. The highest BCUT2D eigenvalue weighted by molar-refractivity contribution is 5.20. The van der Waals surface area contributed by atoms with Gasteiger partial charge in [0, 0.05) is 0 Å². The average Bonchev–Trinajstić information content (AvgIpc) is 1.88. The molecule has 0 heterocycles. The maximum absolute atomic E-state index is 8.19. The van der Waals surface area contributed by atoms with Crippen LogP contribution in [0.15, 0.2) is 11.8 Å². The van der Waals surface area contributed by atoms with Crippen molar-refractivity contribution >= 4 is 0 Å². The topological polar surface area (TPSA) is 56.8 Å². The highest BCUT2D eigenvalue weighted by atomic mass is 16.5. The van der Waals surface area contributed by atoms with Crippen molar-refractivity contribution in [2.24, 2.45) is 0 Å². The number of nitrogens with zero attached hydrogens (tertiary/aromatic N) is 2. The summed E-state index contributed by atoms with van der Waals surface area (Å²) in [5.41, 5.74) is 0. The Bertz CT molecular complexity index is 182. The van der Waals surface area contributed by atoms with E-state index >= 15 is 0 Å². The Morgan fingerprint density at radius 2 is 2.33 bits per heavy atom. The maximum Gasteiger partial charge on any atom is 0.207 e. The van der Waals surface area contributed by atoms with Crippen LogP contribution >= 0.6 is 0 Å². The van der Waals surface area contributed by atoms with Gasteiger partial charge in [-0.05, 0) is 6.92 Å². The van der Waals surface area contributed by atoms with E-state index in [0.717, 1.165) is 6.08 Å². The van der Waals surface area contributed by atoms with Gasteiger partial charge in [0.2, 0.25) is 5.76 Å². The van der Waals surface area contributed by atoms with Crippen LogP contribution in [-0.4, -0.2) is 6.61 Å². The van der Waals surface area contributed by atoms with E-state index in [2.05, 4.69) is 0 Å². The number of hydrogen-bond acceptors (Lipinski definition) is 3. The van der Waals surface area contributed by atoms with Gasteiger partial charge in [0.1, 0.15) is 6.07 Å². The molecule has 0 saturated heterocycles. The summed E-state index contributed by atoms with van der Waals surface area (Å²) in [7, 11) is 0. The molecule has 0 aromatic carbocycles. The van der Waals surface area contributed by atoms with Crippen molar-refractivity contribution < 1.29 is 4.74 Å². The minimum atomic E-state index is 0.0694. The molecule has 0 aliphatic rings. The third kappa shape index (κ3) is 3.13. The van der Waals surface area contributed by atoms with Crippen LogP contribution in [-0.2, 0) is 4.74 Å². The summed E-state index contributed by atoms with van der Waals surface area (Å²) in [5.74, 6) is 0.0694. The van der Waals surface area contributed by atoms with Crippen LogP contribution in [0.5, 0.6) is 0 Å². The number of rotatable bonds is 2. The lowest BCUT2D eigenvalue weighted by molar-refractivity contribution is 0.245. The first-order valence-corrected chi connectivity index (χ1v) is 2.47. The fourth-order valence-corrected chi connectivity index (χ4v) is 0.320. The highest BCUT2D eigenvalue weighted by Gasteiger charge is 1.89. The van der Waals surface area contributed by atoms with Gasteiger partial charge < -0.3 is 4.74 Å². The maximum atomic E-state index is 8.19. The van der Waals surface area contributed by atoms with Crippen LogP contribution < -0.4 is 0 Å². The van der Waals surface area contributed by atoms with Crippen LogP contribution in [0.4, 0.5) is 0 Å². The van der Waals surface area contributed by atoms with E-state index in [9.17, 15) is 0 Å². The molecule has 0 aromatic heterocycles. The Labute approximate surface area is 53.8 Å². The molecular weight excluding hydrogens is 116 g/mol. The first kappa shape index (κ1) is 7.52. The quantitative estimate of drug-likeness (QED) is 0.404. The smallest absolute Gasteiger partial charge is 0.207 e. The molecule has 0 saturated carbocycles. The van der Waals surface area contributed by atoms with E-state index in [-0.39, 0.29) is 5.76 Å². The Hall–Kier alpha value is -1.48. The fraction of sp³-hybridized carbons (Fsp3) is 0.333. The van der Waals surface area contributed by atoms with Crippen molar-refractivity contribution in [3.63, 3.8) is 0 Å². The molecule has 46 valence electrons. The number of nitriles is 2. The van der Waals surface area contributed by atoms with Crippen molar-refractivity contribution in [3.05, 3.63) is 11.8 Å². The first-order valence-electron chi connectivity index (χ1n) is 2.47. The molecule has 0 atom stereocenters. The second kappa shape index (κ2) is 4.67. The molecule has 9 heavy (non-hydrogen) atoms. The summed E-state index contributed by atoms with van der Waals surface area (Å²) in [6.07, 6.45) is 1.07. The molecule has 0 N–H and O–H groups in total. The number of allylic oxidation sites excluding steroid dienone is 2. The number of ether oxygens (including phenoxy) is 1. The lowest BCUT2D eigenvalue weighted by Crippen LogP contribution is -1.86. The molecule has 0 rings (SSSR count). The van der Waals surface area contributed by atoms with Gasteiger partial charge in [-0.1, -0.05) is 0 Å². The third-order valence-corrected chi connectivity index (χ3v) is 0.606. The van der Waals surface area contributed by atoms with Crippen molar-refractivity contribution in [2.45, 2.75) is 6.92 Å². The molecule has 0 aromatic rings. The third-order valence-electron chi connectivity index (χ3n) is 0.606. The molecule has 0 unspecified atom stereocenters. The molecule has 0 aliphatic heterocycles. The van der Waals surface area contributed by atoms with Gasteiger partial charge in [0.25, 0.3) is 0 Å². The summed E-state index contributed by atoms with van der Waals surface area (Å²) < 4.78 is 4.71. The van der Waals surface area contributed by atoms with Gasteiger partial charge in [0.15, 0.2) is 0 Å². The van der Waals surface area contributed by atoms with Crippen molar-refractivity contribution in [2.75, 3.05) is 6.61 Å². The van der Waals surface area contributed by atoms with Gasteiger partial charge in [-0.15, -0.1) is 0 Å². The zero-order chi connectivity index (χ0) is 7.11. The second-order valence-electron chi connectivity index (χ2n) is 1.18. The summed E-state index contributed by atoms with van der Waals surface area (Å²) in [6, 6.07) is 3.41. The van der Waals surface area contributed by atoms with Crippen molar-refractivity contribution in [1.82, 2.24) is 0 Å². The van der Waals surface area contributed by atoms with E-state index < -0.39 is 0 Å². The van der Waals surface area contributed by atoms with Crippen LogP contribution in [0, 0.1) is 22.7 Å². The van der Waals surface area contributed by atoms with Crippen LogP contribution in [0.1, 0.15) is 6.92 Å². The van der Waals surface area contributed by atoms with Crippen molar-refractivity contribution in [1.29, 1.82) is 10.5 Å². The molecule has 0 aliphatic carbocycles. The Kier molecular flexibility index (Phi) is 3.90.